The molecule has 1 fully saturated rings. The molecule has 2 N–H and O–H groups in total. The highest BCUT2D eigenvalue weighted by Gasteiger charge is 2.23. The van der Waals surface area contributed by atoms with E-state index in [1.807, 2.05) is 0 Å². The van der Waals surface area contributed by atoms with Crippen LogP contribution in [0.3, 0.4) is 0 Å². The van der Waals surface area contributed by atoms with Crippen molar-refractivity contribution in [1.29, 1.82) is 0 Å². The second kappa shape index (κ2) is 7.46. The second-order valence-corrected chi connectivity index (χ2v) is 6.65. The average Bonchev–Trinajstić information content (AvgIpc) is 2.31. The number of piperazine rings is 1. The first-order chi connectivity index (χ1) is 8.48. The topological polar surface area (TPSA) is 32.5 Å². The van der Waals surface area contributed by atoms with Gasteiger partial charge in [-0.3, -0.25) is 0 Å². The van der Waals surface area contributed by atoms with Gasteiger partial charge in [0.25, 0.3) is 0 Å². The molecule has 0 aromatic rings. The molecule has 108 valence electrons. The largest absolute Gasteiger partial charge is 0.330 e. The Morgan fingerprint density at radius 3 is 2.56 bits per heavy atom. The molecule has 0 radical (unpaired) electrons. The van der Waals surface area contributed by atoms with Crippen molar-refractivity contribution in [2.24, 2.45) is 11.1 Å². The van der Waals surface area contributed by atoms with Crippen LogP contribution in [0.4, 0.5) is 0 Å². The van der Waals surface area contributed by atoms with Crippen molar-refractivity contribution in [3.63, 3.8) is 0 Å². The van der Waals surface area contributed by atoms with Gasteiger partial charge in [0, 0.05) is 25.7 Å². The van der Waals surface area contributed by atoms with E-state index in [4.69, 9.17) is 5.73 Å². The smallest absolute Gasteiger partial charge is 0.0218 e. The summed E-state index contributed by atoms with van der Waals surface area (Å²) in [5.41, 5.74) is 6.09. The van der Waals surface area contributed by atoms with Crippen LogP contribution >= 0.6 is 0 Å². The van der Waals surface area contributed by atoms with Gasteiger partial charge in [0.05, 0.1) is 0 Å². The van der Waals surface area contributed by atoms with E-state index in [0.29, 0.717) is 5.41 Å². The summed E-state index contributed by atoms with van der Waals surface area (Å²) in [6, 6.07) is 0.760. The summed E-state index contributed by atoms with van der Waals surface area (Å²) in [6.45, 7) is 12.8. The maximum atomic E-state index is 5.66. The average molecular weight is 255 g/mol. The molecule has 1 rings (SSSR count). The molecule has 0 spiro atoms. The fraction of sp³-hybridized carbons (Fsp3) is 1.00. The highest BCUT2D eigenvalue weighted by molar-refractivity contribution is 4.79. The molecule has 1 atom stereocenters. The van der Waals surface area contributed by atoms with E-state index in [-0.39, 0.29) is 0 Å². The Morgan fingerprint density at radius 1 is 1.22 bits per heavy atom. The van der Waals surface area contributed by atoms with E-state index in [2.05, 4.69) is 37.6 Å². The minimum Gasteiger partial charge on any atom is -0.330 e. The Bertz CT molecular complexity index is 228. The van der Waals surface area contributed by atoms with Gasteiger partial charge in [-0.05, 0) is 51.2 Å². The van der Waals surface area contributed by atoms with E-state index in [0.717, 1.165) is 19.0 Å². The lowest BCUT2D eigenvalue weighted by atomic mass is 9.84. The van der Waals surface area contributed by atoms with E-state index in [9.17, 15) is 0 Å². The Balaban J connectivity index is 2.23. The van der Waals surface area contributed by atoms with E-state index in [1.54, 1.807) is 0 Å². The number of likely N-dealkylation sites (N-methyl/N-ethyl adjacent to an activating group) is 1. The molecule has 1 heterocycles. The van der Waals surface area contributed by atoms with Gasteiger partial charge in [0.2, 0.25) is 0 Å². The molecule has 0 bridgehead atoms. The lowest BCUT2D eigenvalue weighted by Crippen LogP contribution is -2.51. The molecule has 3 nitrogen and oxygen atoms in total. The van der Waals surface area contributed by atoms with Gasteiger partial charge >= 0.3 is 0 Å². The third kappa shape index (κ3) is 5.25. The van der Waals surface area contributed by atoms with Gasteiger partial charge in [0.15, 0.2) is 0 Å². The molecule has 0 aliphatic carbocycles. The Hall–Kier alpha value is -0.120. The van der Waals surface area contributed by atoms with Crippen LogP contribution in [0.15, 0.2) is 0 Å². The number of hydrogen-bond donors (Lipinski definition) is 1. The van der Waals surface area contributed by atoms with Gasteiger partial charge in [-0.2, -0.15) is 0 Å². The summed E-state index contributed by atoms with van der Waals surface area (Å²) in [4.78, 5) is 5.15. The molecule has 1 saturated heterocycles. The third-order valence-corrected chi connectivity index (χ3v) is 4.48. The number of rotatable bonds is 7. The molecule has 18 heavy (non-hydrogen) atoms. The molecule has 3 heteroatoms. The standard InChI is InChI=1S/C15H33N3/c1-5-14-13-18(12-11-17(14)4)10-6-7-15(2,3)8-9-16/h14H,5-13,16H2,1-4H3. The zero-order valence-corrected chi connectivity index (χ0v) is 12.9. The molecule has 0 amide bonds. The van der Waals surface area contributed by atoms with E-state index >= 15 is 0 Å². The third-order valence-electron chi connectivity index (χ3n) is 4.48. The predicted molar refractivity (Wildman–Crippen MR) is 79.8 cm³/mol. The zero-order chi connectivity index (χ0) is 13.6. The highest BCUT2D eigenvalue weighted by atomic mass is 15.3. The maximum Gasteiger partial charge on any atom is 0.0218 e. The van der Waals surface area contributed by atoms with Crippen LogP contribution in [0, 0.1) is 5.41 Å². The lowest BCUT2D eigenvalue weighted by molar-refractivity contribution is 0.0892. The number of hydrogen-bond acceptors (Lipinski definition) is 3. The summed E-state index contributed by atoms with van der Waals surface area (Å²) in [5.74, 6) is 0. The molecule has 0 aromatic carbocycles. The molecule has 0 aromatic heterocycles. The van der Waals surface area contributed by atoms with Gasteiger partial charge in [-0.15, -0.1) is 0 Å². The summed E-state index contributed by atoms with van der Waals surface area (Å²) < 4.78 is 0. The van der Waals surface area contributed by atoms with Crippen molar-refractivity contribution in [3.8, 4) is 0 Å². The minimum absolute atomic E-state index is 0.422. The molecular formula is C15H33N3. The van der Waals surface area contributed by atoms with Gasteiger partial charge < -0.3 is 15.5 Å². The van der Waals surface area contributed by atoms with Crippen LogP contribution in [-0.2, 0) is 0 Å². The Kier molecular flexibility index (Phi) is 6.61. The number of nitrogens with zero attached hydrogens (tertiary/aromatic N) is 2. The highest BCUT2D eigenvalue weighted by Crippen LogP contribution is 2.26. The molecule has 1 aliphatic rings. The molecule has 1 unspecified atom stereocenters. The van der Waals surface area contributed by atoms with Gasteiger partial charge in [-0.1, -0.05) is 20.8 Å². The monoisotopic (exact) mass is 255 g/mol. The molecular weight excluding hydrogens is 222 g/mol. The maximum absolute atomic E-state index is 5.66. The van der Waals surface area contributed by atoms with Crippen LogP contribution in [0.25, 0.3) is 0 Å². The van der Waals surface area contributed by atoms with Crippen molar-refractivity contribution >= 4 is 0 Å². The van der Waals surface area contributed by atoms with Crippen LogP contribution in [-0.4, -0.2) is 55.6 Å². The number of nitrogens with two attached hydrogens (primary N) is 1. The van der Waals surface area contributed by atoms with Crippen molar-refractivity contribution in [3.05, 3.63) is 0 Å². The molecule has 1 aliphatic heterocycles. The van der Waals surface area contributed by atoms with Gasteiger partial charge in [0.1, 0.15) is 0 Å². The first-order valence-corrected chi connectivity index (χ1v) is 7.61. The van der Waals surface area contributed by atoms with E-state index in [1.165, 1.54) is 45.4 Å². The summed E-state index contributed by atoms with van der Waals surface area (Å²) in [7, 11) is 2.26. The van der Waals surface area contributed by atoms with Crippen LogP contribution in [0.5, 0.6) is 0 Å². The van der Waals surface area contributed by atoms with Crippen LogP contribution in [0.2, 0.25) is 0 Å². The molecule has 0 saturated carbocycles. The van der Waals surface area contributed by atoms with E-state index < -0.39 is 0 Å². The summed E-state index contributed by atoms with van der Waals surface area (Å²) in [5, 5.41) is 0. The normalized spacial score (nSPS) is 23.5. The minimum atomic E-state index is 0.422. The van der Waals surface area contributed by atoms with Crippen LogP contribution in [0.1, 0.15) is 46.5 Å². The first kappa shape index (κ1) is 15.9. The second-order valence-electron chi connectivity index (χ2n) is 6.65. The van der Waals surface area contributed by atoms with Gasteiger partial charge in [-0.25, -0.2) is 0 Å². The predicted octanol–water partition coefficient (Wildman–Crippen LogP) is 2.17. The lowest BCUT2D eigenvalue weighted by Gasteiger charge is -2.39. The van der Waals surface area contributed by atoms with Crippen LogP contribution < -0.4 is 5.73 Å². The first-order valence-electron chi connectivity index (χ1n) is 7.61. The van der Waals surface area contributed by atoms with Crippen molar-refractivity contribution in [2.75, 3.05) is 39.8 Å². The Labute approximate surface area is 114 Å². The summed E-state index contributed by atoms with van der Waals surface area (Å²) >= 11 is 0. The fourth-order valence-corrected chi connectivity index (χ4v) is 2.95. The fourth-order valence-electron chi connectivity index (χ4n) is 2.95. The van der Waals surface area contributed by atoms with Crippen molar-refractivity contribution in [2.45, 2.75) is 52.5 Å². The Morgan fingerprint density at radius 2 is 1.94 bits per heavy atom. The SMILES string of the molecule is CCC1CN(CCCC(C)(C)CCN)CCN1C. The zero-order valence-electron chi connectivity index (χ0n) is 12.9. The summed E-state index contributed by atoms with van der Waals surface area (Å²) in [6.07, 6.45) is 5.03. The van der Waals surface area contributed by atoms with Crippen molar-refractivity contribution in [1.82, 2.24) is 9.80 Å². The van der Waals surface area contributed by atoms with Crippen molar-refractivity contribution < 1.29 is 0 Å². The quantitative estimate of drug-likeness (QED) is 0.757.